The zero-order chi connectivity index (χ0) is 24.7. The summed E-state index contributed by atoms with van der Waals surface area (Å²) in [7, 11) is 1.57. The van der Waals surface area contributed by atoms with Crippen molar-refractivity contribution in [2.45, 2.75) is 19.8 Å². The lowest BCUT2D eigenvalue weighted by Gasteiger charge is -2.22. The third-order valence-electron chi connectivity index (χ3n) is 7.01. The van der Waals surface area contributed by atoms with E-state index in [0.717, 1.165) is 0 Å². The number of esters is 1. The summed E-state index contributed by atoms with van der Waals surface area (Å²) in [4.78, 5) is 54.2. The fraction of sp³-hybridized carbons (Fsp3) is 0.333. The van der Waals surface area contributed by atoms with Crippen molar-refractivity contribution in [2.24, 2.45) is 23.7 Å². The molecule has 0 saturated carbocycles. The lowest BCUT2D eigenvalue weighted by Crippen LogP contribution is -2.31. The first kappa shape index (κ1) is 22.8. The zero-order valence-corrected chi connectivity index (χ0v) is 19.5. The van der Waals surface area contributed by atoms with E-state index < -0.39 is 11.9 Å². The molecule has 4 atom stereocenters. The average molecular weight is 475 g/mol. The summed E-state index contributed by atoms with van der Waals surface area (Å²) in [5.74, 6) is -1.60. The molecule has 2 aliphatic heterocycles. The fourth-order valence-corrected chi connectivity index (χ4v) is 5.16. The molecule has 2 aromatic carbocycles. The number of hydrogen-bond acceptors (Lipinski definition) is 6. The Hall–Kier alpha value is -3.94. The van der Waals surface area contributed by atoms with Crippen LogP contribution in [-0.2, 0) is 19.2 Å². The van der Waals surface area contributed by atoms with Gasteiger partial charge >= 0.3 is 5.97 Å². The number of allylic oxidation sites excluding steroid dienone is 2. The molecule has 8 heteroatoms. The van der Waals surface area contributed by atoms with Gasteiger partial charge in [-0.3, -0.25) is 19.2 Å². The Bertz CT molecular complexity index is 1220. The summed E-state index contributed by atoms with van der Waals surface area (Å²) < 4.78 is 10.7. The van der Waals surface area contributed by atoms with Crippen LogP contribution in [-0.4, -0.2) is 37.3 Å². The second-order valence-electron chi connectivity index (χ2n) is 9.19. The van der Waals surface area contributed by atoms with Crippen molar-refractivity contribution in [3.8, 4) is 11.5 Å². The molecule has 3 amide bonds. The van der Waals surface area contributed by atoms with E-state index in [4.69, 9.17) is 9.47 Å². The topological polar surface area (TPSA) is 93.2 Å². The van der Waals surface area contributed by atoms with Crippen molar-refractivity contribution in [3.63, 3.8) is 0 Å². The summed E-state index contributed by atoms with van der Waals surface area (Å²) in [6.45, 7) is 2.15. The molecule has 3 aliphatic rings. The number of carbonyl (C=O) groups is 4. The summed E-state index contributed by atoms with van der Waals surface area (Å²) in [5, 5.41) is 0. The highest BCUT2D eigenvalue weighted by Gasteiger charge is 2.50. The van der Waals surface area contributed by atoms with Gasteiger partial charge in [0.15, 0.2) is 0 Å². The normalized spacial score (nSPS) is 25.7. The van der Waals surface area contributed by atoms with Crippen LogP contribution in [0.3, 0.4) is 0 Å². The van der Waals surface area contributed by atoms with Crippen LogP contribution in [0.25, 0.3) is 0 Å². The van der Waals surface area contributed by atoms with Gasteiger partial charge in [0.05, 0.1) is 30.6 Å². The van der Waals surface area contributed by atoms with E-state index in [1.54, 1.807) is 54.5 Å². The van der Waals surface area contributed by atoms with E-state index in [0.29, 0.717) is 23.5 Å². The molecule has 1 aliphatic carbocycles. The van der Waals surface area contributed by atoms with Gasteiger partial charge in [0, 0.05) is 24.7 Å². The Morgan fingerprint density at radius 2 is 1.74 bits per heavy atom. The molecule has 8 nitrogen and oxygen atoms in total. The predicted octanol–water partition coefficient (Wildman–Crippen LogP) is 3.36. The van der Waals surface area contributed by atoms with Crippen LogP contribution < -0.4 is 19.3 Å². The molecule has 2 heterocycles. The number of anilines is 2. The van der Waals surface area contributed by atoms with E-state index in [1.807, 2.05) is 19.1 Å². The number of amides is 3. The second-order valence-corrected chi connectivity index (χ2v) is 9.19. The SMILES string of the molecule is COc1ccc(N2C[C@H](C(=O)Oc3cccc(N4C(=O)[C@@H]5[C@@H](C)C=CC[C@H]5C4=O)c3)CC2=O)cc1. The molecule has 2 aromatic rings. The first-order valence-electron chi connectivity index (χ1n) is 11.7. The lowest BCUT2D eigenvalue weighted by molar-refractivity contribution is -0.139. The van der Waals surface area contributed by atoms with E-state index in [9.17, 15) is 19.2 Å². The van der Waals surface area contributed by atoms with Crippen LogP contribution in [0.4, 0.5) is 11.4 Å². The third kappa shape index (κ3) is 4.09. The van der Waals surface area contributed by atoms with Gasteiger partial charge < -0.3 is 14.4 Å². The Morgan fingerprint density at radius 3 is 2.46 bits per heavy atom. The van der Waals surface area contributed by atoms with Gasteiger partial charge in [0.2, 0.25) is 17.7 Å². The van der Waals surface area contributed by atoms with Crippen molar-refractivity contribution in [1.82, 2.24) is 0 Å². The molecular formula is C27H26N2O6. The number of rotatable bonds is 5. The smallest absolute Gasteiger partial charge is 0.316 e. The van der Waals surface area contributed by atoms with Gasteiger partial charge in [-0.05, 0) is 48.7 Å². The number of imide groups is 1. The largest absolute Gasteiger partial charge is 0.497 e. The van der Waals surface area contributed by atoms with Gasteiger partial charge in [0.1, 0.15) is 11.5 Å². The number of hydrogen-bond donors (Lipinski definition) is 0. The minimum Gasteiger partial charge on any atom is -0.497 e. The first-order chi connectivity index (χ1) is 16.9. The summed E-state index contributed by atoms with van der Waals surface area (Å²) in [5.41, 5.74) is 1.07. The van der Waals surface area contributed by atoms with Crippen LogP contribution in [0.1, 0.15) is 19.8 Å². The molecule has 0 unspecified atom stereocenters. The quantitative estimate of drug-likeness (QED) is 0.286. The average Bonchev–Trinajstić information content (AvgIpc) is 3.37. The number of ether oxygens (including phenoxy) is 2. The summed E-state index contributed by atoms with van der Waals surface area (Å²) in [6.07, 6.45) is 4.52. The molecule has 35 heavy (non-hydrogen) atoms. The first-order valence-corrected chi connectivity index (χ1v) is 11.7. The number of carbonyl (C=O) groups excluding carboxylic acids is 4. The van der Waals surface area contributed by atoms with Gasteiger partial charge in [-0.25, -0.2) is 4.90 Å². The second kappa shape index (κ2) is 9.02. The van der Waals surface area contributed by atoms with Crippen molar-refractivity contribution in [2.75, 3.05) is 23.5 Å². The van der Waals surface area contributed by atoms with Crippen LogP contribution in [0.2, 0.25) is 0 Å². The highest BCUT2D eigenvalue weighted by molar-refractivity contribution is 6.22. The van der Waals surface area contributed by atoms with Gasteiger partial charge in [-0.15, -0.1) is 0 Å². The van der Waals surface area contributed by atoms with E-state index in [-0.39, 0.29) is 54.2 Å². The number of benzene rings is 2. The van der Waals surface area contributed by atoms with Crippen LogP contribution in [0.15, 0.2) is 60.7 Å². The molecule has 5 rings (SSSR count). The highest BCUT2D eigenvalue weighted by Crippen LogP contribution is 2.41. The third-order valence-corrected chi connectivity index (χ3v) is 7.01. The fourth-order valence-electron chi connectivity index (χ4n) is 5.16. The van der Waals surface area contributed by atoms with Crippen molar-refractivity contribution >= 4 is 35.1 Å². The molecule has 0 N–H and O–H groups in total. The predicted molar refractivity (Wildman–Crippen MR) is 128 cm³/mol. The number of nitrogens with zero attached hydrogens (tertiary/aromatic N) is 2. The monoisotopic (exact) mass is 474 g/mol. The van der Waals surface area contributed by atoms with Crippen molar-refractivity contribution in [1.29, 1.82) is 0 Å². The van der Waals surface area contributed by atoms with E-state index in [1.165, 1.54) is 11.0 Å². The zero-order valence-electron chi connectivity index (χ0n) is 19.5. The molecule has 2 saturated heterocycles. The maximum atomic E-state index is 13.1. The molecular weight excluding hydrogens is 448 g/mol. The number of fused-ring (bicyclic) bond motifs is 1. The van der Waals surface area contributed by atoms with Crippen molar-refractivity contribution in [3.05, 3.63) is 60.7 Å². The molecule has 0 spiro atoms. The lowest BCUT2D eigenvalue weighted by atomic mass is 9.78. The minimum absolute atomic E-state index is 0.00948. The highest BCUT2D eigenvalue weighted by atomic mass is 16.5. The summed E-state index contributed by atoms with van der Waals surface area (Å²) >= 11 is 0. The Kier molecular flexibility index (Phi) is 5.88. The Balaban J connectivity index is 1.28. The van der Waals surface area contributed by atoms with Crippen LogP contribution >= 0.6 is 0 Å². The van der Waals surface area contributed by atoms with E-state index >= 15 is 0 Å². The minimum atomic E-state index is -0.627. The van der Waals surface area contributed by atoms with Crippen LogP contribution in [0, 0.1) is 23.7 Å². The van der Waals surface area contributed by atoms with Gasteiger partial charge in [-0.2, -0.15) is 0 Å². The molecule has 0 radical (unpaired) electrons. The van der Waals surface area contributed by atoms with Crippen molar-refractivity contribution < 1.29 is 28.7 Å². The maximum absolute atomic E-state index is 13.1. The van der Waals surface area contributed by atoms with E-state index in [2.05, 4.69) is 0 Å². The molecule has 0 bridgehead atoms. The standard InChI is InChI=1S/C27H26N2O6/c1-16-5-3-8-22-24(16)26(32)29(25(22)31)19-6-4-7-21(14-19)35-27(33)17-13-23(30)28(15-17)18-9-11-20(34-2)12-10-18/h3-7,9-12,14,16-17,22,24H,8,13,15H2,1-2H3/t16-,17+,22+,24+/m0/s1. The Morgan fingerprint density at radius 1 is 0.971 bits per heavy atom. The number of methoxy groups -OCH3 is 1. The Labute approximate surface area is 203 Å². The van der Waals surface area contributed by atoms with Gasteiger partial charge in [0.25, 0.3) is 0 Å². The summed E-state index contributed by atoms with van der Waals surface area (Å²) in [6, 6.07) is 13.5. The van der Waals surface area contributed by atoms with Crippen LogP contribution in [0.5, 0.6) is 11.5 Å². The molecule has 2 fully saturated rings. The molecule has 180 valence electrons. The maximum Gasteiger partial charge on any atom is 0.316 e. The molecule has 0 aromatic heterocycles. The van der Waals surface area contributed by atoms with Gasteiger partial charge in [-0.1, -0.05) is 25.1 Å².